The summed E-state index contributed by atoms with van der Waals surface area (Å²) in [6.45, 7) is 12.9. The summed E-state index contributed by atoms with van der Waals surface area (Å²) >= 11 is 0. The molecule has 4 heteroatoms. The van der Waals surface area contributed by atoms with E-state index in [9.17, 15) is 14.7 Å². The Labute approximate surface area is 156 Å². The molecule has 5 unspecified atom stereocenters. The zero-order chi connectivity index (χ0) is 19.3. The van der Waals surface area contributed by atoms with Crippen LogP contribution in [-0.4, -0.2) is 35.5 Å². The van der Waals surface area contributed by atoms with Crippen molar-refractivity contribution in [2.75, 3.05) is 6.61 Å². The molecule has 3 aliphatic rings. The minimum Gasteiger partial charge on any atom is -0.388 e. The van der Waals surface area contributed by atoms with Gasteiger partial charge in [-0.15, -0.1) is 0 Å². The van der Waals surface area contributed by atoms with Gasteiger partial charge in [0.05, 0.1) is 12.2 Å². The van der Waals surface area contributed by atoms with E-state index in [-0.39, 0.29) is 34.9 Å². The fourth-order valence-electron chi connectivity index (χ4n) is 5.61. The number of fused-ring (bicyclic) bond motifs is 2. The van der Waals surface area contributed by atoms with Crippen molar-refractivity contribution in [3.63, 3.8) is 0 Å². The Kier molecular flexibility index (Phi) is 5.04. The highest BCUT2D eigenvalue weighted by atomic mass is 16.5. The molecule has 1 saturated carbocycles. The van der Waals surface area contributed by atoms with Crippen LogP contribution in [0.5, 0.6) is 0 Å². The summed E-state index contributed by atoms with van der Waals surface area (Å²) in [4.78, 5) is 25.8. The van der Waals surface area contributed by atoms with E-state index < -0.39 is 11.5 Å². The molecule has 0 saturated heterocycles. The Morgan fingerprint density at radius 1 is 1.27 bits per heavy atom. The van der Waals surface area contributed by atoms with E-state index in [1.807, 2.05) is 13.0 Å². The lowest BCUT2D eigenvalue weighted by molar-refractivity contribution is -0.158. The van der Waals surface area contributed by atoms with Crippen molar-refractivity contribution >= 4 is 11.6 Å². The highest BCUT2D eigenvalue weighted by Gasteiger charge is 2.55. The van der Waals surface area contributed by atoms with Crippen molar-refractivity contribution < 1.29 is 19.4 Å². The quantitative estimate of drug-likeness (QED) is 0.764. The fraction of sp³-hybridized carbons (Fsp3) is 0.727. The molecule has 0 spiro atoms. The molecule has 0 aromatic heterocycles. The average Bonchev–Trinajstić information content (AvgIpc) is 2.86. The maximum absolute atomic E-state index is 13.3. The van der Waals surface area contributed by atoms with Crippen molar-refractivity contribution in [3.8, 4) is 0 Å². The van der Waals surface area contributed by atoms with E-state index in [2.05, 4.69) is 27.4 Å². The molecular weight excluding hydrogens is 328 g/mol. The van der Waals surface area contributed by atoms with Crippen LogP contribution >= 0.6 is 0 Å². The van der Waals surface area contributed by atoms with E-state index in [4.69, 9.17) is 4.74 Å². The number of ether oxygens (including phenoxy) is 1. The standard InChI is InChI=1S/C22H32O4/c1-6-26-19-9-10-22(5)17(21(19,3)4)12-16(23)15-11-14(7-8-18(22)24)13(2)20(15)25/h11,14,16-17,19,23H,2,6-10,12H2,1,3-5H3. The number of carbonyl (C=O) groups is 2. The molecule has 5 atom stereocenters. The SMILES string of the molecule is C=C1C(=O)C2=CC1CCC(=O)C1(C)CCC(OCC)C(C)(C)C1CC2O. The first-order chi connectivity index (χ1) is 12.1. The van der Waals surface area contributed by atoms with Crippen molar-refractivity contribution in [2.45, 2.75) is 72.0 Å². The summed E-state index contributed by atoms with van der Waals surface area (Å²) in [5, 5.41) is 10.9. The number of hydrogen-bond donors (Lipinski definition) is 1. The van der Waals surface area contributed by atoms with Gasteiger partial charge in [0, 0.05) is 29.9 Å². The van der Waals surface area contributed by atoms with Gasteiger partial charge in [-0.05, 0) is 49.5 Å². The van der Waals surface area contributed by atoms with Gasteiger partial charge in [0.1, 0.15) is 5.78 Å². The highest BCUT2D eigenvalue weighted by molar-refractivity contribution is 6.11. The third kappa shape index (κ3) is 2.91. The smallest absolute Gasteiger partial charge is 0.187 e. The Morgan fingerprint density at radius 2 is 1.96 bits per heavy atom. The second-order valence-corrected chi connectivity index (χ2v) is 9.07. The third-order valence-corrected chi connectivity index (χ3v) is 7.31. The first-order valence-electron chi connectivity index (χ1n) is 9.91. The molecule has 0 amide bonds. The molecule has 1 fully saturated rings. The maximum Gasteiger partial charge on any atom is 0.187 e. The molecular formula is C22H32O4. The number of Topliss-reactive ketones (excluding diaryl/α,β-unsaturated/α-hetero) is 2. The monoisotopic (exact) mass is 360 g/mol. The molecule has 0 heterocycles. The second kappa shape index (κ2) is 6.72. The van der Waals surface area contributed by atoms with Gasteiger partial charge in [0.15, 0.2) is 5.78 Å². The van der Waals surface area contributed by atoms with Gasteiger partial charge in [-0.25, -0.2) is 0 Å². The van der Waals surface area contributed by atoms with Crippen LogP contribution in [0.2, 0.25) is 0 Å². The summed E-state index contributed by atoms with van der Waals surface area (Å²) in [7, 11) is 0. The molecule has 1 N–H and O–H groups in total. The first kappa shape index (κ1) is 19.5. The lowest BCUT2D eigenvalue weighted by atomic mass is 9.52. The van der Waals surface area contributed by atoms with Gasteiger partial charge in [-0.1, -0.05) is 33.4 Å². The number of aliphatic hydroxyl groups excluding tert-OH is 1. The van der Waals surface area contributed by atoms with Gasteiger partial charge in [0.2, 0.25) is 0 Å². The predicted molar refractivity (Wildman–Crippen MR) is 101 cm³/mol. The molecule has 3 aliphatic carbocycles. The molecule has 2 bridgehead atoms. The zero-order valence-electron chi connectivity index (χ0n) is 16.5. The number of aliphatic hydroxyl groups is 1. The highest BCUT2D eigenvalue weighted by Crippen LogP contribution is 2.56. The van der Waals surface area contributed by atoms with Gasteiger partial charge in [-0.3, -0.25) is 9.59 Å². The molecule has 26 heavy (non-hydrogen) atoms. The van der Waals surface area contributed by atoms with Crippen LogP contribution in [-0.2, 0) is 14.3 Å². The summed E-state index contributed by atoms with van der Waals surface area (Å²) in [5.41, 5.74) is 0.261. The minimum atomic E-state index is -0.848. The van der Waals surface area contributed by atoms with Crippen molar-refractivity contribution in [3.05, 3.63) is 23.8 Å². The Hall–Kier alpha value is -1.26. The largest absolute Gasteiger partial charge is 0.388 e. The van der Waals surface area contributed by atoms with E-state index in [1.54, 1.807) is 0 Å². The van der Waals surface area contributed by atoms with E-state index in [0.29, 0.717) is 37.0 Å². The maximum atomic E-state index is 13.3. The van der Waals surface area contributed by atoms with Crippen molar-refractivity contribution in [1.82, 2.24) is 0 Å². The van der Waals surface area contributed by atoms with Crippen LogP contribution in [0.25, 0.3) is 0 Å². The van der Waals surface area contributed by atoms with Gasteiger partial charge in [0.25, 0.3) is 0 Å². The van der Waals surface area contributed by atoms with Crippen LogP contribution in [0.1, 0.15) is 59.8 Å². The first-order valence-corrected chi connectivity index (χ1v) is 9.91. The van der Waals surface area contributed by atoms with Crippen LogP contribution in [0, 0.1) is 22.7 Å². The molecule has 3 rings (SSSR count). The van der Waals surface area contributed by atoms with E-state index in [1.165, 1.54) is 0 Å². The van der Waals surface area contributed by atoms with Crippen LogP contribution < -0.4 is 0 Å². The second-order valence-electron chi connectivity index (χ2n) is 9.07. The number of hydrogen-bond acceptors (Lipinski definition) is 4. The molecule has 0 radical (unpaired) electrons. The molecule has 0 aliphatic heterocycles. The lowest BCUT2D eigenvalue weighted by Gasteiger charge is -2.54. The van der Waals surface area contributed by atoms with Crippen molar-refractivity contribution in [1.29, 1.82) is 0 Å². The van der Waals surface area contributed by atoms with Crippen LogP contribution in [0.15, 0.2) is 23.8 Å². The van der Waals surface area contributed by atoms with Gasteiger partial charge >= 0.3 is 0 Å². The van der Waals surface area contributed by atoms with Gasteiger partial charge < -0.3 is 9.84 Å². The Morgan fingerprint density at radius 3 is 2.62 bits per heavy atom. The predicted octanol–water partition coefficient (Wildman–Crippen LogP) is 3.63. The van der Waals surface area contributed by atoms with Crippen LogP contribution in [0.3, 0.4) is 0 Å². The number of allylic oxidation sites excluding steroid dienone is 2. The normalized spacial score (nSPS) is 40.2. The van der Waals surface area contributed by atoms with Gasteiger partial charge in [-0.2, -0.15) is 0 Å². The molecule has 4 nitrogen and oxygen atoms in total. The summed E-state index contributed by atoms with van der Waals surface area (Å²) < 4.78 is 6.00. The number of ketones is 2. The Balaban J connectivity index is 2.02. The lowest BCUT2D eigenvalue weighted by Crippen LogP contribution is -2.54. The fourth-order valence-corrected chi connectivity index (χ4v) is 5.61. The zero-order valence-corrected chi connectivity index (χ0v) is 16.5. The van der Waals surface area contributed by atoms with E-state index >= 15 is 0 Å². The molecule has 0 aromatic carbocycles. The van der Waals surface area contributed by atoms with Crippen molar-refractivity contribution in [2.24, 2.45) is 22.7 Å². The summed E-state index contributed by atoms with van der Waals surface area (Å²) in [5.74, 6) is -0.0267. The average molecular weight is 360 g/mol. The van der Waals surface area contributed by atoms with Crippen LogP contribution in [0.4, 0.5) is 0 Å². The van der Waals surface area contributed by atoms with E-state index in [0.717, 1.165) is 12.8 Å². The minimum absolute atomic E-state index is 0.0399. The summed E-state index contributed by atoms with van der Waals surface area (Å²) in [6, 6.07) is 0. The topological polar surface area (TPSA) is 63.6 Å². The Bertz CT molecular complexity index is 659. The number of rotatable bonds is 2. The third-order valence-electron chi connectivity index (χ3n) is 7.31. The summed E-state index contributed by atoms with van der Waals surface area (Å²) in [6.07, 6.45) is 4.17. The number of carbonyl (C=O) groups excluding carboxylic acids is 2. The molecule has 144 valence electrons. The molecule has 0 aromatic rings.